The van der Waals surface area contributed by atoms with E-state index < -0.39 is 10.0 Å². The Balaban J connectivity index is 2.23. The highest BCUT2D eigenvalue weighted by molar-refractivity contribution is 7.89. The number of nitrogens with zero attached hydrogens (tertiary/aromatic N) is 1. The zero-order valence-corrected chi connectivity index (χ0v) is 15.1. The largest absolute Gasteiger partial charge is 0.493 e. The number of rotatable bonds is 6. The molecule has 0 heterocycles. The minimum atomic E-state index is -3.87. The van der Waals surface area contributed by atoms with Crippen LogP contribution in [0.4, 0.5) is 0 Å². The molecule has 9 heteroatoms. The molecule has 0 fully saturated rings. The molecule has 0 radical (unpaired) electrons. The molecule has 0 atom stereocenters. The van der Waals surface area contributed by atoms with Gasteiger partial charge >= 0.3 is 0 Å². The number of hydrazone groups is 1. The zero-order chi connectivity index (χ0) is 17.7. The Morgan fingerprint density at radius 1 is 1.08 bits per heavy atom. The van der Waals surface area contributed by atoms with E-state index >= 15 is 0 Å². The maximum absolute atomic E-state index is 12.2. The molecule has 24 heavy (non-hydrogen) atoms. The van der Waals surface area contributed by atoms with Crippen LogP contribution in [-0.4, -0.2) is 28.9 Å². The molecule has 0 saturated heterocycles. The van der Waals surface area contributed by atoms with Crippen molar-refractivity contribution in [1.29, 1.82) is 0 Å². The second-order valence-electron chi connectivity index (χ2n) is 4.51. The molecular weight excluding hydrogens is 375 g/mol. The molecule has 0 aliphatic carbocycles. The first kappa shape index (κ1) is 18.4. The summed E-state index contributed by atoms with van der Waals surface area (Å²) in [6, 6.07) is 9.13. The Bertz CT molecular complexity index is 870. The van der Waals surface area contributed by atoms with E-state index in [9.17, 15) is 8.42 Å². The van der Waals surface area contributed by atoms with Gasteiger partial charge in [0, 0.05) is 5.56 Å². The highest BCUT2D eigenvalue weighted by atomic mass is 35.5. The van der Waals surface area contributed by atoms with Gasteiger partial charge in [0.1, 0.15) is 0 Å². The lowest BCUT2D eigenvalue weighted by Gasteiger charge is -2.09. The number of methoxy groups -OCH3 is 2. The van der Waals surface area contributed by atoms with Gasteiger partial charge in [0.05, 0.1) is 35.4 Å². The fraction of sp³-hybridized carbons (Fsp3) is 0.133. The fourth-order valence-corrected chi connectivity index (χ4v) is 3.06. The quantitative estimate of drug-likeness (QED) is 0.608. The van der Waals surface area contributed by atoms with Crippen molar-refractivity contribution in [2.75, 3.05) is 14.2 Å². The van der Waals surface area contributed by atoms with Gasteiger partial charge in [0.15, 0.2) is 11.5 Å². The summed E-state index contributed by atoms with van der Waals surface area (Å²) in [4.78, 5) is 2.05. The summed E-state index contributed by atoms with van der Waals surface area (Å²) in [5.74, 6) is 0.950. The molecule has 0 amide bonds. The number of para-hydroxylation sites is 1. The first-order valence-electron chi connectivity index (χ1n) is 6.60. The average molecular weight is 389 g/mol. The first-order chi connectivity index (χ1) is 11.4. The summed E-state index contributed by atoms with van der Waals surface area (Å²) in [6.07, 6.45) is 1.32. The van der Waals surface area contributed by atoms with Crippen LogP contribution in [0.15, 0.2) is 46.4 Å². The molecule has 0 aliphatic rings. The van der Waals surface area contributed by atoms with Crippen molar-refractivity contribution >= 4 is 39.4 Å². The first-order valence-corrected chi connectivity index (χ1v) is 8.84. The van der Waals surface area contributed by atoms with Crippen molar-refractivity contribution in [3.8, 4) is 11.5 Å². The third-order valence-corrected chi connectivity index (χ3v) is 4.97. The fourth-order valence-electron chi connectivity index (χ4n) is 1.88. The van der Waals surface area contributed by atoms with E-state index in [0.29, 0.717) is 17.1 Å². The second kappa shape index (κ2) is 7.74. The molecule has 2 rings (SSSR count). The van der Waals surface area contributed by atoms with E-state index in [0.717, 1.165) is 0 Å². The minimum Gasteiger partial charge on any atom is -0.493 e. The van der Waals surface area contributed by atoms with Crippen molar-refractivity contribution in [2.45, 2.75) is 4.90 Å². The predicted molar refractivity (Wildman–Crippen MR) is 93.9 cm³/mol. The average Bonchev–Trinajstić information content (AvgIpc) is 2.56. The van der Waals surface area contributed by atoms with Crippen LogP contribution >= 0.6 is 23.2 Å². The van der Waals surface area contributed by atoms with Crippen molar-refractivity contribution in [3.05, 3.63) is 52.0 Å². The maximum atomic E-state index is 12.2. The Hall–Kier alpha value is -1.96. The van der Waals surface area contributed by atoms with E-state index in [4.69, 9.17) is 32.7 Å². The van der Waals surface area contributed by atoms with Crippen molar-refractivity contribution in [3.63, 3.8) is 0 Å². The zero-order valence-electron chi connectivity index (χ0n) is 12.8. The van der Waals surface area contributed by atoms with Gasteiger partial charge in [-0.1, -0.05) is 29.3 Å². The van der Waals surface area contributed by atoms with E-state index in [1.807, 2.05) is 0 Å². The molecule has 0 spiro atoms. The lowest BCUT2D eigenvalue weighted by molar-refractivity contribution is 0.354. The van der Waals surface area contributed by atoms with Crippen LogP contribution in [0.25, 0.3) is 0 Å². The van der Waals surface area contributed by atoms with Crippen molar-refractivity contribution < 1.29 is 17.9 Å². The SMILES string of the molecule is COc1cccc(/C=N/NS(=O)(=O)c2ccc(Cl)c(Cl)c2)c1OC. The summed E-state index contributed by atoms with van der Waals surface area (Å²) in [5, 5.41) is 4.15. The summed E-state index contributed by atoms with van der Waals surface area (Å²) in [5.41, 5.74) is 0.550. The van der Waals surface area contributed by atoms with Gasteiger partial charge in [-0.2, -0.15) is 13.5 Å². The number of sulfonamides is 1. The number of halogens is 2. The molecule has 6 nitrogen and oxygen atoms in total. The summed E-state index contributed by atoms with van der Waals surface area (Å²) >= 11 is 11.6. The van der Waals surface area contributed by atoms with Gasteiger partial charge in [-0.05, 0) is 30.3 Å². The molecule has 0 bridgehead atoms. The lowest BCUT2D eigenvalue weighted by Crippen LogP contribution is -2.18. The van der Waals surface area contributed by atoms with Crippen LogP contribution in [0.3, 0.4) is 0 Å². The molecule has 0 aliphatic heterocycles. The van der Waals surface area contributed by atoms with Gasteiger partial charge in [-0.3, -0.25) is 0 Å². The number of ether oxygens (including phenoxy) is 2. The third-order valence-electron chi connectivity index (χ3n) is 3.01. The smallest absolute Gasteiger partial charge is 0.276 e. The molecule has 0 saturated carbocycles. The van der Waals surface area contributed by atoms with E-state index in [2.05, 4.69) is 9.93 Å². The monoisotopic (exact) mass is 388 g/mol. The Morgan fingerprint density at radius 2 is 1.83 bits per heavy atom. The summed E-state index contributed by atoms with van der Waals surface area (Å²) < 4.78 is 34.8. The molecule has 1 N–H and O–H groups in total. The molecule has 2 aromatic rings. The van der Waals surface area contributed by atoms with Gasteiger partial charge < -0.3 is 9.47 Å². The highest BCUT2D eigenvalue weighted by Crippen LogP contribution is 2.29. The lowest BCUT2D eigenvalue weighted by atomic mass is 10.2. The second-order valence-corrected chi connectivity index (χ2v) is 6.99. The van der Waals surface area contributed by atoms with Crippen molar-refractivity contribution in [1.82, 2.24) is 4.83 Å². The standard InChI is InChI=1S/C15H14Cl2N2O4S/c1-22-14-5-3-4-10(15(14)23-2)9-18-19-24(20,21)11-6-7-12(16)13(17)8-11/h3-9,19H,1-2H3/b18-9+. The van der Waals surface area contributed by atoms with Gasteiger partial charge in [0.25, 0.3) is 10.0 Å². The van der Waals surface area contributed by atoms with Gasteiger partial charge in [-0.15, -0.1) is 0 Å². The van der Waals surface area contributed by atoms with Crippen LogP contribution in [0.2, 0.25) is 10.0 Å². The summed E-state index contributed by atoms with van der Waals surface area (Å²) in [7, 11) is -0.881. The minimum absolute atomic E-state index is 0.0494. The number of hydrogen-bond donors (Lipinski definition) is 1. The van der Waals surface area contributed by atoms with E-state index in [-0.39, 0.29) is 14.9 Å². The Kier molecular flexibility index (Phi) is 5.93. The van der Waals surface area contributed by atoms with Crippen LogP contribution in [0, 0.1) is 0 Å². The Morgan fingerprint density at radius 3 is 2.46 bits per heavy atom. The third kappa shape index (κ3) is 4.11. The van der Waals surface area contributed by atoms with Crippen LogP contribution in [-0.2, 0) is 10.0 Å². The molecule has 0 aromatic heterocycles. The number of nitrogens with one attached hydrogen (secondary N) is 1. The van der Waals surface area contributed by atoms with Crippen LogP contribution in [0.1, 0.15) is 5.56 Å². The predicted octanol–water partition coefficient (Wildman–Crippen LogP) is 3.32. The topological polar surface area (TPSA) is 77.0 Å². The molecule has 0 unspecified atom stereocenters. The number of hydrogen-bond acceptors (Lipinski definition) is 5. The van der Waals surface area contributed by atoms with Crippen LogP contribution < -0.4 is 14.3 Å². The molecular formula is C15H14Cl2N2O4S. The van der Waals surface area contributed by atoms with E-state index in [1.165, 1.54) is 38.6 Å². The maximum Gasteiger partial charge on any atom is 0.276 e. The molecule has 128 valence electrons. The Labute approximate surface area is 150 Å². The van der Waals surface area contributed by atoms with Gasteiger partial charge in [0.2, 0.25) is 0 Å². The summed E-state index contributed by atoms with van der Waals surface area (Å²) in [6.45, 7) is 0. The number of benzene rings is 2. The highest BCUT2D eigenvalue weighted by Gasteiger charge is 2.14. The van der Waals surface area contributed by atoms with Crippen molar-refractivity contribution in [2.24, 2.45) is 5.10 Å². The van der Waals surface area contributed by atoms with Gasteiger partial charge in [-0.25, -0.2) is 4.83 Å². The molecule has 2 aromatic carbocycles. The normalized spacial score (nSPS) is 11.5. The van der Waals surface area contributed by atoms with Crippen LogP contribution in [0.5, 0.6) is 11.5 Å². The van der Waals surface area contributed by atoms with E-state index in [1.54, 1.807) is 18.2 Å².